The number of aromatic amines is 1. The second-order valence-corrected chi connectivity index (χ2v) is 3.61. The van der Waals surface area contributed by atoms with Gasteiger partial charge in [0.25, 0.3) is 0 Å². The number of nitrogen functional groups attached to an aromatic ring is 1. The standard InChI is InChI=1S/C10H7F5N4/c11-4-5(12)7(14)9(8(15)6(4)13)17-1-3-2-18-19-10(3)16/h2,17H,1H2,(H3,16,18,19). The third-order valence-electron chi connectivity index (χ3n) is 2.42. The maximum Gasteiger partial charge on any atom is 0.200 e. The highest BCUT2D eigenvalue weighted by molar-refractivity contribution is 5.49. The van der Waals surface area contributed by atoms with Gasteiger partial charge in [0, 0.05) is 12.1 Å². The number of nitrogens with zero attached hydrogens (tertiary/aromatic N) is 1. The second-order valence-electron chi connectivity index (χ2n) is 3.61. The second kappa shape index (κ2) is 4.75. The van der Waals surface area contributed by atoms with Gasteiger partial charge >= 0.3 is 0 Å². The van der Waals surface area contributed by atoms with E-state index in [9.17, 15) is 22.0 Å². The summed E-state index contributed by atoms with van der Waals surface area (Å²) in [6.45, 7) is -0.249. The number of aromatic nitrogens is 2. The Morgan fingerprint density at radius 1 is 1.00 bits per heavy atom. The molecule has 102 valence electrons. The van der Waals surface area contributed by atoms with E-state index in [1.165, 1.54) is 6.20 Å². The van der Waals surface area contributed by atoms with E-state index in [2.05, 4.69) is 15.5 Å². The summed E-state index contributed by atoms with van der Waals surface area (Å²) >= 11 is 0. The zero-order valence-electron chi connectivity index (χ0n) is 9.20. The highest BCUT2D eigenvalue weighted by Crippen LogP contribution is 2.27. The van der Waals surface area contributed by atoms with Crippen LogP contribution in [-0.4, -0.2) is 10.2 Å². The van der Waals surface area contributed by atoms with Gasteiger partial charge in [0.2, 0.25) is 5.82 Å². The van der Waals surface area contributed by atoms with Gasteiger partial charge in [0.1, 0.15) is 11.5 Å². The summed E-state index contributed by atoms with van der Waals surface area (Å²) in [6.07, 6.45) is 1.26. The van der Waals surface area contributed by atoms with Crippen LogP contribution in [0.4, 0.5) is 33.5 Å². The fraction of sp³-hybridized carbons (Fsp3) is 0.100. The molecule has 0 aliphatic heterocycles. The van der Waals surface area contributed by atoms with Crippen LogP contribution in [0.3, 0.4) is 0 Å². The largest absolute Gasteiger partial charge is 0.384 e. The van der Waals surface area contributed by atoms with Gasteiger partial charge in [-0.3, -0.25) is 5.10 Å². The Bertz CT molecular complexity index is 596. The average Bonchev–Trinajstić information content (AvgIpc) is 2.80. The lowest BCUT2D eigenvalue weighted by atomic mass is 10.2. The summed E-state index contributed by atoms with van der Waals surface area (Å²) in [5.41, 5.74) is 4.62. The molecular weight excluding hydrogens is 271 g/mol. The predicted molar refractivity (Wildman–Crippen MR) is 56.6 cm³/mol. The van der Waals surface area contributed by atoms with E-state index >= 15 is 0 Å². The van der Waals surface area contributed by atoms with Crippen molar-refractivity contribution < 1.29 is 22.0 Å². The van der Waals surface area contributed by atoms with Gasteiger partial charge in [0.05, 0.1) is 6.20 Å². The van der Waals surface area contributed by atoms with Crippen molar-refractivity contribution in [3.8, 4) is 0 Å². The van der Waals surface area contributed by atoms with E-state index in [0.717, 1.165) is 0 Å². The minimum atomic E-state index is -2.21. The van der Waals surface area contributed by atoms with Crippen LogP contribution in [-0.2, 0) is 6.54 Å². The third kappa shape index (κ3) is 2.18. The molecule has 0 saturated heterocycles. The lowest BCUT2D eigenvalue weighted by Gasteiger charge is -2.10. The van der Waals surface area contributed by atoms with Crippen LogP contribution in [0.1, 0.15) is 5.56 Å². The molecule has 1 aromatic heterocycles. The van der Waals surface area contributed by atoms with Crippen molar-refractivity contribution in [2.24, 2.45) is 0 Å². The van der Waals surface area contributed by atoms with Crippen molar-refractivity contribution in [2.75, 3.05) is 11.1 Å². The zero-order chi connectivity index (χ0) is 14.2. The summed E-state index contributed by atoms with van der Waals surface area (Å²) in [6, 6.07) is 0. The van der Waals surface area contributed by atoms with E-state index in [1.807, 2.05) is 0 Å². The van der Waals surface area contributed by atoms with E-state index in [0.29, 0.717) is 5.56 Å². The Hall–Kier alpha value is -2.32. The third-order valence-corrected chi connectivity index (χ3v) is 2.42. The predicted octanol–water partition coefficient (Wildman–Crippen LogP) is 2.30. The van der Waals surface area contributed by atoms with E-state index in [-0.39, 0.29) is 12.4 Å². The average molecular weight is 278 g/mol. The van der Waals surface area contributed by atoms with Crippen molar-refractivity contribution in [2.45, 2.75) is 6.54 Å². The van der Waals surface area contributed by atoms with Crippen LogP contribution >= 0.6 is 0 Å². The number of benzene rings is 1. The minimum absolute atomic E-state index is 0.122. The number of hydrogen-bond donors (Lipinski definition) is 3. The van der Waals surface area contributed by atoms with Crippen molar-refractivity contribution in [3.05, 3.63) is 40.8 Å². The van der Waals surface area contributed by atoms with Gasteiger partial charge < -0.3 is 11.1 Å². The Balaban J connectivity index is 2.33. The van der Waals surface area contributed by atoms with Crippen LogP contribution < -0.4 is 11.1 Å². The molecule has 0 bridgehead atoms. The first kappa shape index (κ1) is 13.1. The number of anilines is 2. The van der Waals surface area contributed by atoms with Gasteiger partial charge in [-0.25, -0.2) is 22.0 Å². The topological polar surface area (TPSA) is 66.7 Å². The Labute approximate surface area is 103 Å². The minimum Gasteiger partial charge on any atom is -0.384 e. The Morgan fingerprint density at radius 2 is 1.53 bits per heavy atom. The van der Waals surface area contributed by atoms with Gasteiger partial charge in [-0.1, -0.05) is 0 Å². The number of nitrogens with one attached hydrogen (secondary N) is 2. The van der Waals surface area contributed by atoms with Crippen LogP contribution in [0.5, 0.6) is 0 Å². The highest BCUT2D eigenvalue weighted by Gasteiger charge is 2.25. The van der Waals surface area contributed by atoms with Gasteiger partial charge in [0.15, 0.2) is 23.3 Å². The summed E-state index contributed by atoms with van der Waals surface area (Å²) < 4.78 is 65.2. The molecule has 1 aromatic carbocycles. The molecule has 0 aliphatic rings. The van der Waals surface area contributed by atoms with Crippen molar-refractivity contribution in [1.82, 2.24) is 10.2 Å². The van der Waals surface area contributed by atoms with Crippen molar-refractivity contribution >= 4 is 11.5 Å². The summed E-state index contributed by atoms with van der Waals surface area (Å²) in [5, 5.41) is 8.00. The van der Waals surface area contributed by atoms with Crippen LogP contribution in [0, 0.1) is 29.1 Å². The molecule has 19 heavy (non-hydrogen) atoms. The number of halogens is 5. The maximum absolute atomic E-state index is 13.3. The van der Waals surface area contributed by atoms with E-state index < -0.39 is 34.8 Å². The van der Waals surface area contributed by atoms with E-state index in [1.54, 1.807) is 0 Å². The first-order valence-corrected chi connectivity index (χ1v) is 4.96. The van der Waals surface area contributed by atoms with Crippen molar-refractivity contribution in [3.63, 3.8) is 0 Å². The van der Waals surface area contributed by atoms with Crippen LogP contribution in [0.2, 0.25) is 0 Å². The number of rotatable bonds is 3. The first-order valence-electron chi connectivity index (χ1n) is 4.96. The van der Waals surface area contributed by atoms with E-state index in [4.69, 9.17) is 5.73 Å². The summed E-state index contributed by atoms with van der Waals surface area (Å²) in [4.78, 5) is 0. The summed E-state index contributed by atoms with van der Waals surface area (Å²) in [5.74, 6) is -9.97. The Morgan fingerprint density at radius 3 is 2.00 bits per heavy atom. The van der Waals surface area contributed by atoms with Gasteiger partial charge in [-0.2, -0.15) is 5.10 Å². The molecule has 2 rings (SSSR count). The SMILES string of the molecule is Nc1[nH]ncc1CNc1c(F)c(F)c(F)c(F)c1F. The van der Waals surface area contributed by atoms with Crippen molar-refractivity contribution in [1.29, 1.82) is 0 Å². The molecule has 0 saturated carbocycles. The molecule has 0 aliphatic carbocycles. The normalized spacial score (nSPS) is 10.8. The quantitative estimate of drug-likeness (QED) is 0.458. The smallest absolute Gasteiger partial charge is 0.200 e. The fourth-order valence-corrected chi connectivity index (χ4v) is 1.41. The molecule has 0 amide bonds. The van der Waals surface area contributed by atoms with Gasteiger partial charge in [-0.15, -0.1) is 0 Å². The number of hydrogen-bond acceptors (Lipinski definition) is 3. The number of H-pyrrole nitrogens is 1. The van der Waals surface area contributed by atoms with Gasteiger partial charge in [-0.05, 0) is 0 Å². The molecule has 0 spiro atoms. The fourth-order valence-electron chi connectivity index (χ4n) is 1.41. The van der Waals surface area contributed by atoms with Crippen LogP contribution in [0.25, 0.3) is 0 Å². The monoisotopic (exact) mass is 278 g/mol. The zero-order valence-corrected chi connectivity index (χ0v) is 9.20. The molecular formula is C10H7F5N4. The summed E-state index contributed by atoms with van der Waals surface area (Å²) in [7, 11) is 0. The molecule has 0 unspecified atom stereocenters. The van der Waals surface area contributed by atoms with Crippen LogP contribution in [0.15, 0.2) is 6.20 Å². The molecule has 2 aromatic rings. The highest BCUT2D eigenvalue weighted by atomic mass is 19.2. The molecule has 0 radical (unpaired) electrons. The molecule has 1 heterocycles. The molecule has 0 fully saturated rings. The number of nitrogens with two attached hydrogens (primary N) is 1. The lowest BCUT2D eigenvalue weighted by molar-refractivity contribution is 0.381. The molecule has 4 N–H and O–H groups in total. The lowest BCUT2D eigenvalue weighted by Crippen LogP contribution is -2.10. The first-order chi connectivity index (χ1) is 8.93. The molecule has 4 nitrogen and oxygen atoms in total. The Kier molecular flexibility index (Phi) is 3.28. The molecule has 9 heteroatoms. The molecule has 0 atom stereocenters. The maximum atomic E-state index is 13.3.